The Labute approximate surface area is 129 Å². The molecule has 3 rings (SSSR count). The molecule has 2 nitrogen and oxygen atoms in total. The van der Waals surface area contributed by atoms with Gasteiger partial charge < -0.3 is 0 Å². The topological polar surface area (TPSA) is 6.48 Å². The van der Waals surface area contributed by atoms with Gasteiger partial charge in [-0.25, -0.2) is 0 Å². The van der Waals surface area contributed by atoms with Gasteiger partial charge in [0.25, 0.3) is 0 Å². The van der Waals surface area contributed by atoms with Crippen LogP contribution in [0.2, 0.25) is 0 Å². The number of hydrogen-bond donors (Lipinski definition) is 0. The molecule has 19 heavy (non-hydrogen) atoms. The molecule has 2 heterocycles. The first-order valence-electron chi connectivity index (χ1n) is 6.81. The van der Waals surface area contributed by atoms with E-state index in [1.807, 2.05) is 0 Å². The van der Waals surface area contributed by atoms with Crippen LogP contribution in [0.5, 0.6) is 0 Å². The Hall–Kier alpha value is -0.280. The van der Waals surface area contributed by atoms with Gasteiger partial charge in [0.15, 0.2) is 0 Å². The van der Waals surface area contributed by atoms with E-state index < -0.39 is 0 Å². The fourth-order valence-electron chi connectivity index (χ4n) is 3.38. The Bertz CT molecular complexity index is 358. The Kier molecular flexibility index (Phi) is 6.61. The second kappa shape index (κ2) is 7.49. The lowest BCUT2D eigenvalue weighted by atomic mass is 9.92. The molecule has 0 saturated carbocycles. The minimum atomic E-state index is 0. The molecule has 0 amide bonds. The van der Waals surface area contributed by atoms with Crippen LogP contribution in [0.25, 0.3) is 0 Å². The minimum Gasteiger partial charge on any atom is -0.298 e. The molecule has 1 aromatic rings. The first kappa shape index (κ1) is 16.8. The summed E-state index contributed by atoms with van der Waals surface area (Å²) >= 11 is 0. The van der Waals surface area contributed by atoms with Crippen molar-refractivity contribution >= 4 is 24.8 Å². The zero-order chi connectivity index (χ0) is 11.7. The normalized spacial score (nSPS) is 27.2. The molecule has 0 spiro atoms. The van der Waals surface area contributed by atoms with Crippen molar-refractivity contribution in [3.05, 3.63) is 35.9 Å². The molecule has 2 unspecified atom stereocenters. The molecule has 0 aromatic heterocycles. The van der Waals surface area contributed by atoms with Crippen LogP contribution in [0.1, 0.15) is 24.8 Å². The van der Waals surface area contributed by atoms with E-state index in [2.05, 4.69) is 47.2 Å². The fraction of sp³-hybridized carbons (Fsp3) is 0.600. The van der Waals surface area contributed by atoms with Crippen LogP contribution in [0.4, 0.5) is 0 Å². The number of nitrogens with zero attached hydrogens (tertiary/aromatic N) is 2. The molecule has 0 aliphatic carbocycles. The third-order valence-corrected chi connectivity index (χ3v) is 4.41. The van der Waals surface area contributed by atoms with Gasteiger partial charge in [0.2, 0.25) is 0 Å². The standard InChI is InChI=1S/C15H22N2.2ClH/c1-16-14-8-5-9-15(16)12-17(11-14)10-13-6-3-2-4-7-13;;/h2-4,6-7,14-15H,5,8-12H2,1H3;2*1H. The SMILES string of the molecule is CN1C2CCCC1CN(Cc1ccccc1)C2.Cl.Cl. The molecular weight excluding hydrogens is 279 g/mol. The highest BCUT2D eigenvalue weighted by molar-refractivity contribution is 5.85. The van der Waals surface area contributed by atoms with E-state index in [0.29, 0.717) is 0 Å². The van der Waals surface area contributed by atoms with Gasteiger partial charge in [0, 0.05) is 31.7 Å². The quantitative estimate of drug-likeness (QED) is 0.828. The Balaban J connectivity index is 0.000000902. The highest BCUT2D eigenvalue weighted by Crippen LogP contribution is 2.27. The van der Waals surface area contributed by atoms with Gasteiger partial charge >= 0.3 is 0 Å². The van der Waals surface area contributed by atoms with E-state index in [1.54, 1.807) is 0 Å². The zero-order valence-electron chi connectivity index (χ0n) is 11.5. The lowest BCUT2D eigenvalue weighted by Crippen LogP contribution is -2.58. The van der Waals surface area contributed by atoms with Gasteiger partial charge in [-0.2, -0.15) is 0 Å². The van der Waals surface area contributed by atoms with Crippen molar-refractivity contribution in [2.45, 2.75) is 37.9 Å². The van der Waals surface area contributed by atoms with Crippen LogP contribution in [-0.2, 0) is 6.54 Å². The highest BCUT2D eigenvalue weighted by Gasteiger charge is 2.34. The monoisotopic (exact) mass is 302 g/mol. The van der Waals surface area contributed by atoms with Crippen molar-refractivity contribution in [3.8, 4) is 0 Å². The fourth-order valence-corrected chi connectivity index (χ4v) is 3.38. The summed E-state index contributed by atoms with van der Waals surface area (Å²) in [6.45, 7) is 3.63. The number of likely N-dealkylation sites (tertiary alicyclic amines) is 1. The number of likely N-dealkylation sites (N-methyl/N-ethyl adjacent to an activating group) is 1. The molecular formula is C15H24Cl2N2. The van der Waals surface area contributed by atoms with E-state index in [9.17, 15) is 0 Å². The van der Waals surface area contributed by atoms with E-state index >= 15 is 0 Å². The summed E-state index contributed by atoms with van der Waals surface area (Å²) in [4.78, 5) is 5.26. The van der Waals surface area contributed by atoms with Crippen molar-refractivity contribution in [1.82, 2.24) is 9.80 Å². The molecule has 2 bridgehead atoms. The predicted octanol–water partition coefficient (Wildman–Crippen LogP) is 3.20. The Morgan fingerprint density at radius 2 is 1.58 bits per heavy atom. The summed E-state index contributed by atoms with van der Waals surface area (Å²) in [6, 6.07) is 12.5. The maximum absolute atomic E-state index is 2.64. The van der Waals surface area contributed by atoms with E-state index in [0.717, 1.165) is 18.6 Å². The van der Waals surface area contributed by atoms with Crippen LogP contribution in [0.15, 0.2) is 30.3 Å². The number of piperidine rings is 1. The van der Waals surface area contributed by atoms with Gasteiger partial charge in [-0.1, -0.05) is 36.8 Å². The molecule has 108 valence electrons. The van der Waals surface area contributed by atoms with Gasteiger partial charge in [-0.3, -0.25) is 9.80 Å². The largest absolute Gasteiger partial charge is 0.298 e. The lowest BCUT2D eigenvalue weighted by molar-refractivity contribution is 0.00648. The van der Waals surface area contributed by atoms with Crippen LogP contribution >= 0.6 is 24.8 Å². The molecule has 2 aliphatic rings. The van der Waals surface area contributed by atoms with Gasteiger partial charge in [-0.15, -0.1) is 24.8 Å². The maximum atomic E-state index is 2.64. The van der Waals surface area contributed by atoms with Crippen molar-refractivity contribution in [1.29, 1.82) is 0 Å². The van der Waals surface area contributed by atoms with Gasteiger partial charge in [-0.05, 0) is 25.5 Å². The first-order valence-corrected chi connectivity index (χ1v) is 6.81. The number of rotatable bonds is 2. The van der Waals surface area contributed by atoms with Crippen molar-refractivity contribution in [2.24, 2.45) is 0 Å². The number of halogens is 2. The Morgan fingerprint density at radius 1 is 1.00 bits per heavy atom. The molecule has 2 aliphatic heterocycles. The first-order chi connectivity index (χ1) is 8.33. The number of piperazine rings is 1. The van der Waals surface area contributed by atoms with E-state index in [1.165, 1.54) is 37.9 Å². The van der Waals surface area contributed by atoms with Gasteiger partial charge in [0.05, 0.1) is 0 Å². The van der Waals surface area contributed by atoms with E-state index in [-0.39, 0.29) is 24.8 Å². The number of benzene rings is 1. The summed E-state index contributed by atoms with van der Waals surface area (Å²) in [5, 5.41) is 0. The van der Waals surface area contributed by atoms with Crippen molar-refractivity contribution in [2.75, 3.05) is 20.1 Å². The number of hydrogen-bond acceptors (Lipinski definition) is 2. The lowest BCUT2D eigenvalue weighted by Gasteiger charge is -2.48. The summed E-state index contributed by atoms with van der Waals surface area (Å²) in [5.74, 6) is 0. The summed E-state index contributed by atoms with van der Waals surface area (Å²) in [7, 11) is 2.31. The second-order valence-corrected chi connectivity index (χ2v) is 5.58. The molecule has 1 aromatic carbocycles. The third kappa shape index (κ3) is 3.85. The third-order valence-electron chi connectivity index (χ3n) is 4.41. The molecule has 2 fully saturated rings. The summed E-state index contributed by atoms with van der Waals surface area (Å²) < 4.78 is 0. The number of fused-ring (bicyclic) bond motifs is 2. The van der Waals surface area contributed by atoms with Crippen LogP contribution in [0, 0.1) is 0 Å². The highest BCUT2D eigenvalue weighted by atomic mass is 35.5. The molecule has 2 atom stereocenters. The van der Waals surface area contributed by atoms with E-state index in [4.69, 9.17) is 0 Å². The van der Waals surface area contributed by atoms with Crippen LogP contribution in [0.3, 0.4) is 0 Å². The molecule has 0 N–H and O–H groups in total. The minimum absolute atomic E-state index is 0. The average molecular weight is 303 g/mol. The average Bonchev–Trinajstić information content (AvgIpc) is 2.32. The predicted molar refractivity (Wildman–Crippen MR) is 85.4 cm³/mol. The zero-order valence-corrected chi connectivity index (χ0v) is 13.1. The smallest absolute Gasteiger partial charge is 0.0235 e. The second-order valence-electron chi connectivity index (χ2n) is 5.58. The summed E-state index contributed by atoms with van der Waals surface area (Å²) in [6.07, 6.45) is 4.20. The van der Waals surface area contributed by atoms with Crippen molar-refractivity contribution < 1.29 is 0 Å². The Morgan fingerprint density at radius 3 is 2.16 bits per heavy atom. The van der Waals surface area contributed by atoms with Crippen LogP contribution in [-0.4, -0.2) is 42.0 Å². The maximum Gasteiger partial charge on any atom is 0.0235 e. The van der Waals surface area contributed by atoms with Crippen molar-refractivity contribution in [3.63, 3.8) is 0 Å². The molecule has 2 saturated heterocycles. The van der Waals surface area contributed by atoms with Crippen LogP contribution < -0.4 is 0 Å². The molecule has 0 radical (unpaired) electrons. The van der Waals surface area contributed by atoms with Gasteiger partial charge in [0.1, 0.15) is 0 Å². The summed E-state index contributed by atoms with van der Waals surface area (Å²) in [5.41, 5.74) is 1.45. The molecule has 4 heteroatoms.